The molecule has 0 radical (unpaired) electrons. The van der Waals surface area contributed by atoms with Gasteiger partial charge in [0.25, 0.3) is 0 Å². The monoisotopic (exact) mass is 251 g/mol. The van der Waals surface area contributed by atoms with Crippen LogP contribution in [0.15, 0.2) is 0 Å². The minimum atomic E-state index is -0.566. The summed E-state index contributed by atoms with van der Waals surface area (Å²) in [6.07, 6.45) is 11.3. The summed E-state index contributed by atoms with van der Waals surface area (Å²) in [4.78, 5) is 13.8. The van der Waals surface area contributed by atoms with Gasteiger partial charge in [0.05, 0.1) is 5.92 Å². The van der Waals surface area contributed by atoms with Crippen molar-refractivity contribution < 1.29 is 9.90 Å². The van der Waals surface area contributed by atoms with Crippen LogP contribution in [0.25, 0.3) is 0 Å². The Morgan fingerprint density at radius 3 is 2.17 bits per heavy atom. The quantitative estimate of drug-likeness (QED) is 0.838. The highest BCUT2D eigenvalue weighted by Gasteiger charge is 2.43. The first-order valence-corrected chi connectivity index (χ1v) is 7.72. The van der Waals surface area contributed by atoms with Gasteiger partial charge in [0.1, 0.15) is 0 Å². The number of fused-ring (bicyclic) bond motifs is 2. The fraction of sp³-hybridized carbons (Fsp3) is 0.933. The number of carbonyl (C=O) groups is 1. The van der Waals surface area contributed by atoms with Crippen molar-refractivity contribution in [1.82, 2.24) is 4.90 Å². The molecule has 3 heteroatoms. The van der Waals surface area contributed by atoms with E-state index >= 15 is 0 Å². The Bertz CT molecular complexity index is 298. The number of piperidine rings is 1. The van der Waals surface area contributed by atoms with Crippen molar-refractivity contribution in [3.63, 3.8) is 0 Å². The van der Waals surface area contributed by atoms with Crippen LogP contribution in [-0.2, 0) is 4.79 Å². The Kier molecular flexibility index (Phi) is 3.60. The molecule has 1 aliphatic carbocycles. The number of carboxylic acids is 1. The van der Waals surface area contributed by atoms with E-state index in [0.717, 1.165) is 18.8 Å². The van der Waals surface area contributed by atoms with E-state index in [2.05, 4.69) is 4.90 Å². The molecule has 2 unspecified atom stereocenters. The van der Waals surface area contributed by atoms with Gasteiger partial charge in [-0.25, -0.2) is 0 Å². The van der Waals surface area contributed by atoms with Gasteiger partial charge in [0.15, 0.2) is 0 Å². The van der Waals surface area contributed by atoms with Crippen LogP contribution in [-0.4, -0.2) is 34.6 Å². The number of nitrogens with zero attached hydrogens (tertiary/aromatic N) is 1. The zero-order valence-electron chi connectivity index (χ0n) is 11.2. The van der Waals surface area contributed by atoms with Gasteiger partial charge in [-0.2, -0.15) is 0 Å². The lowest BCUT2D eigenvalue weighted by molar-refractivity contribution is -0.144. The zero-order chi connectivity index (χ0) is 12.5. The maximum Gasteiger partial charge on any atom is 0.306 e. The molecule has 3 rings (SSSR count). The molecule has 0 spiro atoms. The summed E-state index contributed by atoms with van der Waals surface area (Å²) in [6, 6.07) is 1.15. The topological polar surface area (TPSA) is 40.5 Å². The summed E-state index contributed by atoms with van der Waals surface area (Å²) in [5.74, 6) is 0.262. The second-order valence-electron chi connectivity index (χ2n) is 6.59. The lowest BCUT2D eigenvalue weighted by Gasteiger charge is -2.40. The Balaban J connectivity index is 1.59. The standard InChI is InChI=1S/C15H25NO2/c17-15(18)12-8-13-6-7-14(9-12)16(13)10-11-4-2-1-3-5-11/h11-14H,1-10H2,(H,17,18). The molecule has 2 heterocycles. The molecule has 2 aliphatic heterocycles. The van der Waals surface area contributed by atoms with Gasteiger partial charge in [-0.1, -0.05) is 19.3 Å². The van der Waals surface area contributed by atoms with E-state index in [4.69, 9.17) is 0 Å². The van der Waals surface area contributed by atoms with Gasteiger partial charge in [-0.15, -0.1) is 0 Å². The van der Waals surface area contributed by atoms with Crippen molar-refractivity contribution in [3.8, 4) is 0 Å². The molecule has 0 aromatic carbocycles. The predicted octanol–water partition coefficient (Wildman–Crippen LogP) is 2.89. The number of hydrogen-bond donors (Lipinski definition) is 1. The summed E-state index contributed by atoms with van der Waals surface area (Å²) in [6.45, 7) is 1.25. The van der Waals surface area contributed by atoms with E-state index in [0.29, 0.717) is 12.1 Å². The van der Waals surface area contributed by atoms with Gasteiger partial charge >= 0.3 is 5.97 Å². The second kappa shape index (κ2) is 5.20. The summed E-state index contributed by atoms with van der Waals surface area (Å²) in [5.41, 5.74) is 0. The maximum absolute atomic E-state index is 11.2. The van der Waals surface area contributed by atoms with Crippen LogP contribution in [0, 0.1) is 11.8 Å². The predicted molar refractivity (Wildman–Crippen MR) is 70.5 cm³/mol. The Morgan fingerprint density at radius 2 is 1.61 bits per heavy atom. The third-order valence-electron chi connectivity index (χ3n) is 5.43. The average Bonchev–Trinajstić information content (AvgIpc) is 2.62. The molecule has 2 atom stereocenters. The number of aliphatic carboxylic acids is 1. The molecular formula is C15H25NO2. The van der Waals surface area contributed by atoms with Gasteiger partial charge in [0, 0.05) is 18.6 Å². The van der Waals surface area contributed by atoms with Crippen LogP contribution in [0.1, 0.15) is 57.8 Å². The minimum Gasteiger partial charge on any atom is -0.481 e. The molecule has 3 aliphatic rings. The maximum atomic E-state index is 11.2. The highest BCUT2D eigenvalue weighted by Crippen LogP contribution is 2.40. The van der Waals surface area contributed by atoms with Crippen LogP contribution in [0.5, 0.6) is 0 Å². The Hall–Kier alpha value is -0.570. The van der Waals surface area contributed by atoms with E-state index < -0.39 is 5.97 Å². The van der Waals surface area contributed by atoms with Crippen molar-refractivity contribution in [1.29, 1.82) is 0 Å². The highest BCUT2D eigenvalue weighted by molar-refractivity contribution is 5.70. The normalized spacial score (nSPS) is 37.9. The molecule has 1 saturated carbocycles. The average molecular weight is 251 g/mol. The minimum absolute atomic E-state index is 0.0647. The third kappa shape index (κ3) is 2.42. The first-order valence-electron chi connectivity index (χ1n) is 7.72. The largest absolute Gasteiger partial charge is 0.481 e. The lowest BCUT2D eigenvalue weighted by atomic mass is 9.86. The van der Waals surface area contributed by atoms with E-state index in [1.165, 1.54) is 51.5 Å². The summed E-state index contributed by atoms with van der Waals surface area (Å²) in [5, 5.41) is 9.19. The van der Waals surface area contributed by atoms with Crippen LogP contribution in [0.2, 0.25) is 0 Å². The first-order chi connectivity index (χ1) is 8.74. The molecule has 0 aromatic rings. The molecule has 102 valence electrons. The third-order valence-corrected chi connectivity index (χ3v) is 5.43. The Labute approximate surface area is 110 Å². The SMILES string of the molecule is O=C(O)C1CC2CCC(C1)N2CC1CCCCC1. The molecule has 3 fully saturated rings. The lowest BCUT2D eigenvalue weighted by Crippen LogP contribution is -2.46. The van der Waals surface area contributed by atoms with Crippen molar-refractivity contribution in [2.75, 3.05) is 6.54 Å². The fourth-order valence-electron chi connectivity index (χ4n) is 4.44. The second-order valence-corrected chi connectivity index (χ2v) is 6.59. The van der Waals surface area contributed by atoms with Crippen molar-refractivity contribution in [3.05, 3.63) is 0 Å². The molecule has 3 nitrogen and oxygen atoms in total. The molecule has 2 saturated heterocycles. The van der Waals surface area contributed by atoms with Crippen LogP contribution in [0.4, 0.5) is 0 Å². The van der Waals surface area contributed by atoms with Gasteiger partial charge in [0.2, 0.25) is 0 Å². The molecule has 18 heavy (non-hydrogen) atoms. The molecule has 2 bridgehead atoms. The van der Waals surface area contributed by atoms with E-state index in [9.17, 15) is 9.90 Å². The molecule has 0 amide bonds. The van der Waals surface area contributed by atoms with Gasteiger partial charge < -0.3 is 5.11 Å². The highest BCUT2D eigenvalue weighted by atomic mass is 16.4. The number of rotatable bonds is 3. The molecule has 0 aromatic heterocycles. The van der Waals surface area contributed by atoms with Crippen LogP contribution >= 0.6 is 0 Å². The number of hydrogen-bond acceptors (Lipinski definition) is 2. The van der Waals surface area contributed by atoms with E-state index in [1.807, 2.05) is 0 Å². The molecular weight excluding hydrogens is 226 g/mol. The van der Waals surface area contributed by atoms with E-state index in [1.54, 1.807) is 0 Å². The zero-order valence-corrected chi connectivity index (χ0v) is 11.2. The number of carboxylic acid groups (broad SMARTS) is 1. The summed E-state index contributed by atoms with van der Waals surface area (Å²) < 4.78 is 0. The fourth-order valence-corrected chi connectivity index (χ4v) is 4.44. The molecule has 1 N–H and O–H groups in total. The van der Waals surface area contributed by atoms with Gasteiger partial charge in [-0.05, 0) is 44.4 Å². The first kappa shape index (κ1) is 12.5. The van der Waals surface area contributed by atoms with E-state index in [-0.39, 0.29) is 5.92 Å². The van der Waals surface area contributed by atoms with Crippen molar-refractivity contribution >= 4 is 5.97 Å². The summed E-state index contributed by atoms with van der Waals surface area (Å²) in [7, 11) is 0. The van der Waals surface area contributed by atoms with Crippen molar-refractivity contribution in [2.45, 2.75) is 69.9 Å². The smallest absolute Gasteiger partial charge is 0.306 e. The van der Waals surface area contributed by atoms with Crippen LogP contribution in [0.3, 0.4) is 0 Å². The Morgan fingerprint density at radius 1 is 1.00 bits per heavy atom. The summed E-state index contributed by atoms with van der Waals surface area (Å²) >= 11 is 0. The van der Waals surface area contributed by atoms with Crippen LogP contribution < -0.4 is 0 Å². The van der Waals surface area contributed by atoms with Gasteiger partial charge in [-0.3, -0.25) is 9.69 Å². The van der Waals surface area contributed by atoms with Crippen molar-refractivity contribution in [2.24, 2.45) is 11.8 Å².